The molecule has 2 fully saturated rings. The Morgan fingerprint density at radius 2 is 1.87 bits per heavy atom. The van der Waals surface area contributed by atoms with Gasteiger partial charge < -0.3 is 9.80 Å². The van der Waals surface area contributed by atoms with Crippen molar-refractivity contribution in [3.8, 4) is 11.8 Å². The Balaban J connectivity index is 1.63. The van der Waals surface area contributed by atoms with E-state index < -0.39 is 0 Å². The summed E-state index contributed by atoms with van der Waals surface area (Å²) in [7, 11) is 1.87. The van der Waals surface area contributed by atoms with Gasteiger partial charge in [0.2, 0.25) is 5.91 Å². The lowest BCUT2D eigenvalue weighted by Gasteiger charge is -2.28. The minimum absolute atomic E-state index is 0.0213. The molecule has 2 unspecified atom stereocenters. The second-order valence-electron chi connectivity index (χ2n) is 6.54. The van der Waals surface area contributed by atoms with Gasteiger partial charge in [-0.2, -0.15) is 0 Å². The number of piperidine rings is 1. The zero-order valence-corrected chi connectivity index (χ0v) is 14.4. The molecule has 0 spiro atoms. The Bertz CT molecular complexity index is 610. The molecular weight excluding hydrogens is 308 g/mol. The Hall–Kier alpha value is -1.50. The minimum Gasteiger partial charge on any atom is -0.332 e. The molecule has 0 bridgehead atoms. The van der Waals surface area contributed by atoms with Gasteiger partial charge in [-0.25, -0.2) is 0 Å². The number of benzene rings is 1. The fourth-order valence-corrected chi connectivity index (χ4v) is 3.56. The summed E-state index contributed by atoms with van der Waals surface area (Å²) in [6.45, 7) is 3.16. The number of rotatable bonds is 2. The molecule has 0 radical (unpaired) electrons. The van der Waals surface area contributed by atoms with E-state index in [1.54, 1.807) is 0 Å². The molecule has 2 heterocycles. The fourth-order valence-electron chi connectivity index (χ4n) is 3.43. The predicted molar refractivity (Wildman–Crippen MR) is 93.3 cm³/mol. The van der Waals surface area contributed by atoms with Crippen LogP contribution >= 0.6 is 11.6 Å². The van der Waals surface area contributed by atoms with Gasteiger partial charge in [0.1, 0.15) is 0 Å². The first-order valence-electron chi connectivity index (χ1n) is 8.39. The number of hydrogen-bond donors (Lipinski definition) is 0. The quantitative estimate of drug-likeness (QED) is 0.778. The number of carbonyl (C=O) groups excluding carboxylic acids is 1. The Kier molecular flexibility index (Phi) is 5.25. The van der Waals surface area contributed by atoms with E-state index in [1.807, 2.05) is 36.2 Å². The van der Waals surface area contributed by atoms with E-state index in [9.17, 15) is 4.79 Å². The molecule has 1 aromatic carbocycles. The highest BCUT2D eigenvalue weighted by atomic mass is 35.5. The molecule has 4 heteroatoms. The van der Waals surface area contributed by atoms with Gasteiger partial charge in [0, 0.05) is 24.2 Å². The van der Waals surface area contributed by atoms with E-state index in [-0.39, 0.29) is 17.9 Å². The number of amides is 1. The van der Waals surface area contributed by atoms with Gasteiger partial charge in [-0.15, -0.1) is 0 Å². The SMILES string of the molecule is CN1C(=O)C(CN2CCCCC2)CC1C#Cc1ccc(Cl)cc1. The van der Waals surface area contributed by atoms with Crippen LogP contribution in [0.2, 0.25) is 5.02 Å². The molecular formula is C19H23ClN2O. The van der Waals surface area contributed by atoms with Gasteiger partial charge in [0.25, 0.3) is 0 Å². The van der Waals surface area contributed by atoms with Gasteiger partial charge >= 0.3 is 0 Å². The Morgan fingerprint density at radius 1 is 1.17 bits per heavy atom. The largest absolute Gasteiger partial charge is 0.332 e. The summed E-state index contributed by atoms with van der Waals surface area (Å²) in [6.07, 6.45) is 4.68. The highest BCUT2D eigenvalue weighted by molar-refractivity contribution is 6.30. The topological polar surface area (TPSA) is 23.6 Å². The van der Waals surface area contributed by atoms with Crippen molar-refractivity contribution in [1.82, 2.24) is 9.80 Å². The van der Waals surface area contributed by atoms with Gasteiger partial charge in [-0.1, -0.05) is 29.9 Å². The third-order valence-electron chi connectivity index (χ3n) is 4.83. The molecule has 0 aromatic heterocycles. The summed E-state index contributed by atoms with van der Waals surface area (Å²) in [5, 5.41) is 0.713. The predicted octanol–water partition coefficient (Wildman–Crippen LogP) is 3.02. The smallest absolute Gasteiger partial charge is 0.227 e. The molecule has 23 heavy (non-hydrogen) atoms. The molecule has 0 N–H and O–H groups in total. The van der Waals surface area contributed by atoms with E-state index >= 15 is 0 Å². The third kappa shape index (κ3) is 4.07. The van der Waals surface area contributed by atoms with Crippen LogP contribution in [0.15, 0.2) is 24.3 Å². The average Bonchev–Trinajstić information content (AvgIpc) is 2.83. The summed E-state index contributed by atoms with van der Waals surface area (Å²) in [4.78, 5) is 16.7. The summed E-state index contributed by atoms with van der Waals surface area (Å²) in [5.74, 6) is 6.77. The molecule has 2 atom stereocenters. The second-order valence-corrected chi connectivity index (χ2v) is 6.97. The first-order chi connectivity index (χ1) is 11.1. The van der Waals surface area contributed by atoms with Crippen molar-refractivity contribution in [3.63, 3.8) is 0 Å². The minimum atomic E-state index is 0.0213. The molecule has 2 aliphatic heterocycles. The van der Waals surface area contributed by atoms with Gasteiger partial charge in [-0.05, 0) is 56.6 Å². The molecule has 1 amide bonds. The summed E-state index contributed by atoms with van der Waals surface area (Å²) in [5.41, 5.74) is 0.940. The van der Waals surface area contributed by atoms with Crippen LogP contribution < -0.4 is 0 Å². The highest BCUT2D eigenvalue weighted by Crippen LogP contribution is 2.25. The first kappa shape index (κ1) is 16.4. The molecule has 0 saturated carbocycles. The van der Waals surface area contributed by atoms with E-state index in [2.05, 4.69) is 16.7 Å². The van der Waals surface area contributed by atoms with E-state index in [0.717, 1.165) is 31.6 Å². The standard InChI is InChI=1S/C19H23ClN2O/c1-21-18(10-7-15-5-8-17(20)9-6-15)13-16(19(21)23)14-22-11-3-2-4-12-22/h5-6,8-9,16,18H,2-4,11-14H2,1H3. The molecule has 122 valence electrons. The zero-order chi connectivity index (χ0) is 16.2. The van der Waals surface area contributed by atoms with Gasteiger partial charge in [-0.3, -0.25) is 4.79 Å². The lowest BCUT2D eigenvalue weighted by Crippen LogP contribution is -2.37. The number of hydrogen-bond acceptors (Lipinski definition) is 2. The van der Waals surface area contributed by atoms with Crippen LogP contribution in [0.1, 0.15) is 31.2 Å². The van der Waals surface area contributed by atoms with Crippen LogP contribution in [-0.4, -0.2) is 48.4 Å². The van der Waals surface area contributed by atoms with Crippen LogP contribution in [0.25, 0.3) is 0 Å². The Morgan fingerprint density at radius 3 is 2.57 bits per heavy atom. The maximum Gasteiger partial charge on any atom is 0.227 e. The monoisotopic (exact) mass is 330 g/mol. The van der Waals surface area contributed by atoms with Crippen molar-refractivity contribution in [2.45, 2.75) is 31.7 Å². The molecule has 0 aliphatic carbocycles. The van der Waals surface area contributed by atoms with Crippen LogP contribution in [0.4, 0.5) is 0 Å². The van der Waals surface area contributed by atoms with Crippen molar-refractivity contribution in [1.29, 1.82) is 0 Å². The van der Waals surface area contributed by atoms with Crippen LogP contribution in [0, 0.1) is 17.8 Å². The maximum absolute atomic E-state index is 12.5. The van der Waals surface area contributed by atoms with Crippen molar-refractivity contribution in [3.05, 3.63) is 34.9 Å². The van der Waals surface area contributed by atoms with Crippen LogP contribution in [0.5, 0.6) is 0 Å². The average molecular weight is 331 g/mol. The molecule has 3 rings (SSSR count). The van der Waals surface area contributed by atoms with Crippen molar-refractivity contribution in [2.24, 2.45) is 5.92 Å². The Labute approximate surface area is 143 Å². The number of carbonyl (C=O) groups is 1. The molecule has 2 aliphatic rings. The third-order valence-corrected chi connectivity index (χ3v) is 5.08. The molecule has 2 saturated heterocycles. The second kappa shape index (κ2) is 7.38. The number of nitrogens with zero attached hydrogens (tertiary/aromatic N) is 2. The molecule has 3 nitrogen and oxygen atoms in total. The highest BCUT2D eigenvalue weighted by Gasteiger charge is 2.37. The normalized spacial score (nSPS) is 25.3. The van der Waals surface area contributed by atoms with Crippen molar-refractivity contribution < 1.29 is 4.79 Å². The van der Waals surface area contributed by atoms with Crippen molar-refractivity contribution >= 4 is 17.5 Å². The van der Waals surface area contributed by atoms with E-state index in [1.165, 1.54) is 19.3 Å². The van der Waals surface area contributed by atoms with Gasteiger partial charge in [0.15, 0.2) is 0 Å². The summed E-state index contributed by atoms with van der Waals surface area (Å²) >= 11 is 5.89. The van der Waals surface area contributed by atoms with Crippen molar-refractivity contribution in [2.75, 3.05) is 26.7 Å². The first-order valence-corrected chi connectivity index (χ1v) is 8.77. The van der Waals surface area contributed by atoms with Crippen LogP contribution in [-0.2, 0) is 4.79 Å². The van der Waals surface area contributed by atoms with Gasteiger partial charge in [0.05, 0.1) is 12.0 Å². The lowest BCUT2D eigenvalue weighted by molar-refractivity contribution is -0.130. The molecule has 1 aromatic rings. The zero-order valence-electron chi connectivity index (χ0n) is 13.6. The maximum atomic E-state index is 12.5. The summed E-state index contributed by atoms with van der Waals surface area (Å²) in [6, 6.07) is 7.53. The number of likely N-dealkylation sites (tertiary alicyclic amines) is 2. The fraction of sp³-hybridized carbons (Fsp3) is 0.526. The van der Waals surface area contributed by atoms with E-state index in [0.29, 0.717) is 5.02 Å². The number of halogens is 1. The lowest BCUT2D eigenvalue weighted by atomic mass is 10.0. The van der Waals surface area contributed by atoms with Crippen LogP contribution in [0.3, 0.4) is 0 Å². The van der Waals surface area contributed by atoms with E-state index in [4.69, 9.17) is 11.6 Å². The summed E-state index contributed by atoms with van der Waals surface area (Å²) < 4.78 is 0.